The Hall–Kier alpha value is -1.39. The number of carbonyl (C=O) groups excluding carboxylic acids is 1. The third-order valence-corrected chi connectivity index (χ3v) is 4.34. The zero-order valence-electron chi connectivity index (χ0n) is 14.3. The third kappa shape index (κ3) is 7.14. The first kappa shape index (κ1) is 18.0. The van der Waals surface area contributed by atoms with E-state index in [0.29, 0.717) is 18.9 Å². The summed E-state index contributed by atoms with van der Waals surface area (Å²) in [5, 5.41) is 3.09. The van der Waals surface area contributed by atoms with Gasteiger partial charge in [0.05, 0.1) is 0 Å². The van der Waals surface area contributed by atoms with Crippen LogP contribution >= 0.6 is 0 Å². The predicted octanol–water partition coefficient (Wildman–Crippen LogP) is 2.83. The van der Waals surface area contributed by atoms with Gasteiger partial charge in [-0.05, 0) is 44.2 Å². The zero-order chi connectivity index (χ0) is 16.3. The molecular weight excluding hydrogens is 288 g/mol. The average molecular weight is 318 g/mol. The normalized spacial score (nSPS) is 18.7. The number of carbonyl (C=O) groups is 1. The van der Waals surface area contributed by atoms with Crippen LogP contribution in [0, 0.1) is 5.92 Å². The van der Waals surface area contributed by atoms with E-state index in [1.54, 1.807) is 0 Å². The van der Waals surface area contributed by atoms with E-state index in [-0.39, 0.29) is 5.91 Å². The second-order valence-corrected chi connectivity index (χ2v) is 6.33. The van der Waals surface area contributed by atoms with E-state index < -0.39 is 0 Å². The minimum absolute atomic E-state index is 0.157. The second kappa shape index (κ2) is 10.4. The van der Waals surface area contributed by atoms with Crippen LogP contribution in [0.3, 0.4) is 0 Å². The van der Waals surface area contributed by atoms with Crippen molar-refractivity contribution in [3.8, 4) is 0 Å². The van der Waals surface area contributed by atoms with Crippen molar-refractivity contribution in [2.75, 3.05) is 32.8 Å². The lowest BCUT2D eigenvalue weighted by atomic mass is 9.97. The molecule has 0 aromatic heterocycles. The molecule has 1 aliphatic heterocycles. The molecule has 1 saturated heterocycles. The smallest absolute Gasteiger partial charge is 0.220 e. The predicted molar refractivity (Wildman–Crippen MR) is 93.2 cm³/mol. The second-order valence-electron chi connectivity index (χ2n) is 6.33. The van der Waals surface area contributed by atoms with Gasteiger partial charge in [0.2, 0.25) is 5.91 Å². The highest BCUT2D eigenvalue weighted by molar-refractivity contribution is 5.75. The minimum Gasteiger partial charge on any atom is -0.382 e. The Morgan fingerprint density at radius 3 is 2.96 bits per heavy atom. The van der Waals surface area contributed by atoms with Crippen LogP contribution in [0.2, 0.25) is 0 Å². The number of hydrogen-bond donors (Lipinski definition) is 1. The zero-order valence-corrected chi connectivity index (χ0v) is 14.3. The standard InChI is InChI=1S/C19H30N2O2/c1-2-23-13-7-11-19(22)20-14-18-10-6-12-21(16-18)15-17-8-4-3-5-9-17/h3-5,8-9,18H,2,6-7,10-16H2,1H3,(H,20,22). The van der Waals surface area contributed by atoms with Gasteiger partial charge >= 0.3 is 0 Å². The summed E-state index contributed by atoms with van der Waals surface area (Å²) in [6.07, 6.45) is 3.81. The molecule has 4 heteroatoms. The van der Waals surface area contributed by atoms with Crippen LogP contribution in [0.1, 0.15) is 38.2 Å². The number of rotatable bonds is 9. The van der Waals surface area contributed by atoms with Crippen molar-refractivity contribution in [1.82, 2.24) is 10.2 Å². The topological polar surface area (TPSA) is 41.6 Å². The number of ether oxygens (including phenoxy) is 1. The molecule has 2 rings (SSSR count). The van der Waals surface area contributed by atoms with E-state index in [4.69, 9.17) is 4.74 Å². The number of hydrogen-bond acceptors (Lipinski definition) is 3. The van der Waals surface area contributed by atoms with E-state index in [9.17, 15) is 4.79 Å². The van der Waals surface area contributed by atoms with Crippen molar-refractivity contribution in [3.63, 3.8) is 0 Å². The van der Waals surface area contributed by atoms with Gasteiger partial charge in [-0.15, -0.1) is 0 Å². The van der Waals surface area contributed by atoms with Gasteiger partial charge in [0.25, 0.3) is 0 Å². The van der Waals surface area contributed by atoms with Crippen LogP contribution in [-0.4, -0.2) is 43.7 Å². The maximum Gasteiger partial charge on any atom is 0.220 e. The molecule has 0 spiro atoms. The summed E-state index contributed by atoms with van der Waals surface area (Å²) >= 11 is 0. The molecule has 1 aliphatic rings. The fourth-order valence-electron chi connectivity index (χ4n) is 3.13. The van der Waals surface area contributed by atoms with Crippen molar-refractivity contribution in [2.45, 2.75) is 39.2 Å². The summed E-state index contributed by atoms with van der Waals surface area (Å²) in [4.78, 5) is 14.3. The lowest BCUT2D eigenvalue weighted by molar-refractivity contribution is -0.121. The van der Waals surface area contributed by atoms with Crippen LogP contribution in [0.25, 0.3) is 0 Å². The Morgan fingerprint density at radius 2 is 2.17 bits per heavy atom. The van der Waals surface area contributed by atoms with Crippen LogP contribution in [0.4, 0.5) is 0 Å². The molecule has 23 heavy (non-hydrogen) atoms. The number of nitrogens with one attached hydrogen (secondary N) is 1. The molecule has 1 amide bonds. The molecule has 0 bridgehead atoms. The Bertz CT molecular complexity index is 450. The van der Waals surface area contributed by atoms with Crippen molar-refractivity contribution in [2.24, 2.45) is 5.92 Å². The summed E-state index contributed by atoms with van der Waals surface area (Å²) in [7, 11) is 0. The molecule has 4 nitrogen and oxygen atoms in total. The quantitative estimate of drug-likeness (QED) is 0.712. The molecule has 1 aromatic rings. The molecule has 1 atom stereocenters. The fraction of sp³-hybridized carbons (Fsp3) is 0.632. The summed E-state index contributed by atoms with van der Waals surface area (Å²) in [6, 6.07) is 10.6. The number of amides is 1. The summed E-state index contributed by atoms with van der Waals surface area (Å²) < 4.78 is 5.26. The lowest BCUT2D eigenvalue weighted by Crippen LogP contribution is -2.40. The van der Waals surface area contributed by atoms with Crippen LogP contribution in [-0.2, 0) is 16.1 Å². The highest BCUT2D eigenvalue weighted by atomic mass is 16.5. The Kier molecular flexibility index (Phi) is 8.12. The lowest BCUT2D eigenvalue weighted by Gasteiger charge is -2.32. The molecule has 1 aromatic carbocycles. The van der Waals surface area contributed by atoms with E-state index >= 15 is 0 Å². The Labute approximate surface area is 140 Å². The summed E-state index contributed by atoms with van der Waals surface area (Å²) in [5.74, 6) is 0.730. The number of benzene rings is 1. The summed E-state index contributed by atoms with van der Waals surface area (Å²) in [6.45, 7) is 7.43. The van der Waals surface area contributed by atoms with Crippen LogP contribution < -0.4 is 5.32 Å². The van der Waals surface area contributed by atoms with Crippen molar-refractivity contribution in [3.05, 3.63) is 35.9 Å². The average Bonchev–Trinajstić information content (AvgIpc) is 2.58. The Morgan fingerprint density at radius 1 is 1.35 bits per heavy atom. The SMILES string of the molecule is CCOCCCC(=O)NCC1CCCN(Cc2ccccc2)C1. The molecule has 1 fully saturated rings. The van der Waals surface area contributed by atoms with Gasteiger partial charge in [-0.25, -0.2) is 0 Å². The minimum atomic E-state index is 0.157. The van der Waals surface area contributed by atoms with E-state index in [1.807, 2.05) is 6.92 Å². The highest BCUT2D eigenvalue weighted by Gasteiger charge is 2.20. The van der Waals surface area contributed by atoms with Gasteiger partial charge in [0, 0.05) is 39.3 Å². The number of piperidine rings is 1. The van der Waals surface area contributed by atoms with Gasteiger partial charge in [-0.2, -0.15) is 0 Å². The maximum absolute atomic E-state index is 11.8. The molecule has 1 N–H and O–H groups in total. The van der Waals surface area contributed by atoms with Gasteiger partial charge in [0.15, 0.2) is 0 Å². The van der Waals surface area contributed by atoms with Crippen molar-refractivity contribution < 1.29 is 9.53 Å². The first-order valence-corrected chi connectivity index (χ1v) is 8.88. The van der Waals surface area contributed by atoms with E-state index in [1.165, 1.54) is 18.4 Å². The third-order valence-electron chi connectivity index (χ3n) is 4.34. The van der Waals surface area contributed by atoms with Crippen LogP contribution in [0.15, 0.2) is 30.3 Å². The maximum atomic E-state index is 11.8. The molecule has 0 saturated carbocycles. The van der Waals surface area contributed by atoms with E-state index in [0.717, 1.165) is 39.2 Å². The fourth-order valence-corrected chi connectivity index (χ4v) is 3.13. The molecule has 1 heterocycles. The van der Waals surface area contributed by atoms with Crippen molar-refractivity contribution >= 4 is 5.91 Å². The first-order valence-electron chi connectivity index (χ1n) is 8.88. The molecule has 0 aliphatic carbocycles. The molecular formula is C19H30N2O2. The largest absolute Gasteiger partial charge is 0.382 e. The number of nitrogens with zero attached hydrogens (tertiary/aromatic N) is 1. The summed E-state index contributed by atoms with van der Waals surface area (Å²) in [5.41, 5.74) is 1.37. The Balaban J connectivity index is 1.64. The van der Waals surface area contributed by atoms with Crippen molar-refractivity contribution in [1.29, 1.82) is 0 Å². The molecule has 1 unspecified atom stereocenters. The van der Waals surface area contributed by atoms with Gasteiger partial charge in [0.1, 0.15) is 0 Å². The van der Waals surface area contributed by atoms with Crippen LogP contribution in [0.5, 0.6) is 0 Å². The van der Waals surface area contributed by atoms with E-state index in [2.05, 4.69) is 40.5 Å². The number of likely N-dealkylation sites (tertiary alicyclic amines) is 1. The van der Waals surface area contributed by atoms with Gasteiger partial charge < -0.3 is 10.1 Å². The first-order chi connectivity index (χ1) is 11.3. The van der Waals surface area contributed by atoms with Gasteiger partial charge in [-0.1, -0.05) is 30.3 Å². The molecule has 0 radical (unpaired) electrons. The molecule has 128 valence electrons. The monoisotopic (exact) mass is 318 g/mol. The van der Waals surface area contributed by atoms with Gasteiger partial charge in [-0.3, -0.25) is 9.69 Å². The highest BCUT2D eigenvalue weighted by Crippen LogP contribution is 2.18.